The van der Waals surface area contributed by atoms with Crippen LogP contribution in [0.3, 0.4) is 0 Å². The second-order valence-corrected chi connectivity index (χ2v) is 4.59. The van der Waals surface area contributed by atoms with Gasteiger partial charge in [-0.3, -0.25) is 0 Å². The molecule has 0 saturated carbocycles. The van der Waals surface area contributed by atoms with Gasteiger partial charge in [0.1, 0.15) is 4.60 Å². The number of nitrogens with zero attached hydrogens (tertiary/aromatic N) is 2. The van der Waals surface area contributed by atoms with Crippen LogP contribution in [0.2, 0.25) is 0 Å². The molecule has 0 radical (unpaired) electrons. The number of halogens is 2. The van der Waals surface area contributed by atoms with Gasteiger partial charge in [0, 0.05) is 28.4 Å². The fourth-order valence-corrected chi connectivity index (χ4v) is 2.36. The predicted octanol–water partition coefficient (Wildman–Crippen LogP) is 2.94. The molecule has 0 fully saturated rings. The van der Waals surface area contributed by atoms with Crippen LogP contribution in [0.25, 0.3) is 10.9 Å². The average Bonchev–Trinajstić information content (AvgIpc) is 2.28. The molecule has 2 aromatic heterocycles. The minimum atomic E-state index is 0.882. The van der Waals surface area contributed by atoms with Crippen LogP contribution in [0.4, 0.5) is 0 Å². The van der Waals surface area contributed by atoms with Crippen LogP contribution < -0.4 is 0 Å². The van der Waals surface area contributed by atoms with Crippen molar-refractivity contribution < 1.29 is 0 Å². The summed E-state index contributed by atoms with van der Waals surface area (Å²) in [5.41, 5.74) is 1.21. The molecule has 0 atom stereocenters. The number of aromatic nitrogens is 2. The molecule has 2 rings (SSSR count). The number of pyridine rings is 1. The Balaban J connectivity index is 2.90. The highest BCUT2D eigenvalue weighted by atomic mass is 127. The smallest absolute Gasteiger partial charge is 0.108 e. The number of hydrogen-bond acceptors (Lipinski definition) is 1. The van der Waals surface area contributed by atoms with Crippen molar-refractivity contribution in [1.29, 1.82) is 0 Å². The Morgan fingerprint density at radius 1 is 1.58 bits per heavy atom. The Labute approximate surface area is 92.2 Å². The molecule has 2 nitrogen and oxygen atoms in total. The molecule has 0 unspecified atom stereocenters. The van der Waals surface area contributed by atoms with Gasteiger partial charge in [0.25, 0.3) is 0 Å². The molecule has 0 aromatic carbocycles. The first-order valence-electron chi connectivity index (χ1n) is 3.44. The van der Waals surface area contributed by atoms with Gasteiger partial charge < -0.3 is 4.57 Å². The number of hydrogen-bond donors (Lipinski definition) is 0. The molecular formula is C8H6BrIN2. The Hall–Kier alpha value is -0.100. The fraction of sp³-hybridized carbons (Fsp3) is 0.125. The van der Waals surface area contributed by atoms with Crippen LogP contribution in [0.15, 0.2) is 23.1 Å². The van der Waals surface area contributed by atoms with Crippen LogP contribution in [0, 0.1) is 3.57 Å². The number of rotatable bonds is 0. The normalized spacial score (nSPS) is 10.9. The summed E-state index contributed by atoms with van der Waals surface area (Å²) in [5, 5.41) is 1.21. The van der Waals surface area contributed by atoms with Gasteiger partial charge >= 0.3 is 0 Å². The van der Waals surface area contributed by atoms with E-state index in [4.69, 9.17) is 0 Å². The first kappa shape index (κ1) is 8.50. The van der Waals surface area contributed by atoms with Crippen molar-refractivity contribution in [3.8, 4) is 0 Å². The molecule has 62 valence electrons. The molecule has 4 heteroatoms. The van der Waals surface area contributed by atoms with Gasteiger partial charge in [-0.05, 0) is 44.6 Å². The standard InChI is InChI=1S/C8H6BrIN2/c1-12-4-6(10)5-3-11-8(9)2-7(5)12/h2-4H,1H3. The average molecular weight is 337 g/mol. The van der Waals surface area contributed by atoms with Gasteiger partial charge in [-0.15, -0.1) is 0 Å². The SMILES string of the molecule is Cn1cc(I)c2cnc(Br)cc21. The number of aryl methyl sites for hydroxylation is 1. The van der Waals surface area contributed by atoms with Crippen LogP contribution >= 0.6 is 38.5 Å². The molecule has 0 N–H and O–H groups in total. The highest BCUT2D eigenvalue weighted by Gasteiger charge is 2.03. The highest BCUT2D eigenvalue weighted by Crippen LogP contribution is 2.23. The zero-order valence-corrected chi connectivity index (χ0v) is 10.1. The van der Waals surface area contributed by atoms with E-state index in [9.17, 15) is 0 Å². The molecule has 0 aliphatic heterocycles. The van der Waals surface area contributed by atoms with E-state index in [2.05, 4.69) is 54.3 Å². The molecule has 2 heterocycles. The lowest BCUT2D eigenvalue weighted by Crippen LogP contribution is -1.84. The topological polar surface area (TPSA) is 17.8 Å². The van der Waals surface area contributed by atoms with E-state index in [0.717, 1.165) is 4.60 Å². The van der Waals surface area contributed by atoms with E-state index in [1.165, 1.54) is 14.5 Å². The Bertz CT molecular complexity index is 436. The lowest BCUT2D eigenvalue weighted by Gasteiger charge is -1.94. The third-order valence-electron chi connectivity index (χ3n) is 1.79. The van der Waals surface area contributed by atoms with Crippen molar-refractivity contribution in [2.75, 3.05) is 0 Å². The fourth-order valence-electron chi connectivity index (χ4n) is 1.21. The van der Waals surface area contributed by atoms with Crippen molar-refractivity contribution in [3.63, 3.8) is 0 Å². The molecule has 0 aliphatic carbocycles. The number of fused-ring (bicyclic) bond motifs is 1. The second kappa shape index (κ2) is 2.99. The summed E-state index contributed by atoms with van der Waals surface area (Å²) >= 11 is 5.66. The van der Waals surface area contributed by atoms with Crippen LogP contribution in [-0.2, 0) is 7.05 Å². The van der Waals surface area contributed by atoms with E-state index in [1.807, 2.05) is 19.3 Å². The van der Waals surface area contributed by atoms with Gasteiger partial charge in [0.15, 0.2) is 0 Å². The van der Waals surface area contributed by atoms with Crippen molar-refractivity contribution in [1.82, 2.24) is 9.55 Å². The van der Waals surface area contributed by atoms with Crippen molar-refractivity contribution >= 4 is 49.4 Å². The van der Waals surface area contributed by atoms with Crippen molar-refractivity contribution in [3.05, 3.63) is 26.6 Å². The summed E-state index contributed by atoms with van der Waals surface area (Å²) in [6, 6.07) is 2.03. The maximum absolute atomic E-state index is 4.18. The molecule has 12 heavy (non-hydrogen) atoms. The Kier molecular flexibility index (Phi) is 2.12. The Morgan fingerprint density at radius 2 is 2.33 bits per heavy atom. The summed E-state index contributed by atoms with van der Waals surface area (Å²) in [6.07, 6.45) is 3.99. The van der Waals surface area contributed by atoms with E-state index in [1.54, 1.807) is 0 Å². The monoisotopic (exact) mass is 336 g/mol. The first-order valence-corrected chi connectivity index (χ1v) is 5.32. The van der Waals surface area contributed by atoms with Gasteiger partial charge in [0.05, 0.1) is 5.52 Å². The third-order valence-corrected chi connectivity index (χ3v) is 3.09. The summed E-state index contributed by atoms with van der Waals surface area (Å²) in [6.45, 7) is 0. The molecule has 2 aromatic rings. The van der Waals surface area contributed by atoms with Crippen LogP contribution in [0.5, 0.6) is 0 Å². The lowest BCUT2D eigenvalue weighted by atomic mass is 10.3. The largest absolute Gasteiger partial charge is 0.349 e. The molecule has 0 aliphatic rings. The highest BCUT2D eigenvalue weighted by molar-refractivity contribution is 14.1. The summed E-state index contributed by atoms with van der Waals surface area (Å²) < 4.78 is 4.22. The summed E-state index contributed by atoms with van der Waals surface area (Å²) in [4.78, 5) is 4.18. The van der Waals surface area contributed by atoms with Crippen molar-refractivity contribution in [2.45, 2.75) is 0 Å². The zero-order chi connectivity index (χ0) is 8.72. The van der Waals surface area contributed by atoms with Crippen LogP contribution in [0.1, 0.15) is 0 Å². The van der Waals surface area contributed by atoms with Crippen LogP contribution in [-0.4, -0.2) is 9.55 Å². The molecule has 0 spiro atoms. The van der Waals surface area contributed by atoms with E-state index >= 15 is 0 Å². The summed E-state index contributed by atoms with van der Waals surface area (Å²) in [5.74, 6) is 0. The molecular weight excluding hydrogens is 331 g/mol. The summed E-state index contributed by atoms with van der Waals surface area (Å²) in [7, 11) is 2.04. The van der Waals surface area contributed by atoms with Gasteiger partial charge in [-0.1, -0.05) is 0 Å². The minimum absolute atomic E-state index is 0.882. The predicted molar refractivity (Wildman–Crippen MR) is 61.1 cm³/mol. The maximum Gasteiger partial charge on any atom is 0.108 e. The molecule has 0 saturated heterocycles. The van der Waals surface area contributed by atoms with E-state index in [0.29, 0.717) is 0 Å². The zero-order valence-electron chi connectivity index (χ0n) is 6.38. The minimum Gasteiger partial charge on any atom is -0.349 e. The van der Waals surface area contributed by atoms with E-state index in [-0.39, 0.29) is 0 Å². The lowest BCUT2D eigenvalue weighted by molar-refractivity contribution is 0.964. The third kappa shape index (κ3) is 1.26. The maximum atomic E-state index is 4.18. The van der Waals surface area contributed by atoms with Gasteiger partial charge in [-0.2, -0.15) is 0 Å². The van der Waals surface area contributed by atoms with E-state index < -0.39 is 0 Å². The second-order valence-electron chi connectivity index (χ2n) is 2.61. The van der Waals surface area contributed by atoms with Gasteiger partial charge in [0.2, 0.25) is 0 Å². The molecule has 0 amide bonds. The quantitative estimate of drug-likeness (QED) is 0.534. The van der Waals surface area contributed by atoms with Crippen molar-refractivity contribution in [2.24, 2.45) is 7.05 Å². The van der Waals surface area contributed by atoms with Gasteiger partial charge in [-0.25, -0.2) is 4.98 Å². The molecule has 0 bridgehead atoms. The Morgan fingerprint density at radius 3 is 3.08 bits per heavy atom. The first-order chi connectivity index (χ1) is 5.68.